The fraction of sp³-hybridized carbons (Fsp3) is 0.217. The molecule has 1 amide bonds. The monoisotopic (exact) mass is 430 g/mol. The lowest BCUT2D eigenvalue weighted by atomic mass is 9.82. The fourth-order valence-electron chi connectivity index (χ4n) is 3.47. The topological polar surface area (TPSA) is 137 Å². The van der Waals surface area contributed by atoms with Gasteiger partial charge in [0.25, 0.3) is 5.89 Å². The number of nitrogens with zero attached hydrogens (tertiary/aromatic N) is 4. The fourth-order valence-corrected chi connectivity index (χ4v) is 3.47. The maximum absolute atomic E-state index is 12.8. The van der Waals surface area contributed by atoms with Gasteiger partial charge in [0.15, 0.2) is 11.5 Å². The van der Waals surface area contributed by atoms with E-state index < -0.39 is 5.92 Å². The Morgan fingerprint density at radius 3 is 2.62 bits per heavy atom. The van der Waals surface area contributed by atoms with Crippen molar-refractivity contribution in [2.45, 2.75) is 19.3 Å². The van der Waals surface area contributed by atoms with Crippen molar-refractivity contribution < 1.29 is 14.0 Å². The van der Waals surface area contributed by atoms with Crippen LogP contribution in [0.4, 0.5) is 5.82 Å². The first-order valence-corrected chi connectivity index (χ1v) is 10.2. The van der Waals surface area contributed by atoms with Crippen molar-refractivity contribution in [1.82, 2.24) is 25.5 Å². The molecule has 0 aliphatic heterocycles. The highest BCUT2D eigenvalue weighted by molar-refractivity contribution is 5.85. The van der Waals surface area contributed by atoms with Gasteiger partial charge in [-0.1, -0.05) is 42.5 Å². The average molecular weight is 430 g/mol. The molecular weight excluding hydrogens is 408 g/mol. The van der Waals surface area contributed by atoms with E-state index in [2.05, 4.69) is 25.5 Å². The first kappa shape index (κ1) is 21.1. The molecule has 1 aromatic carbocycles. The van der Waals surface area contributed by atoms with Gasteiger partial charge >= 0.3 is 0 Å². The minimum Gasteiger partial charge on any atom is -0.414 e. The van der Waals surface area contributed by atoms with Crippen LogP contribution in [0.1, 0.15) is 25.0 Å². The minimum absolute atomic E-state index is 0.00585. The Hall–Kier alpha value is -4.14. The highest BCUT2D eigenvalue weighted by Gasteiger charge is 2.29. The molecule has 162 valence electrons. The number of rotatable bonds is 7. The van der Waals surface area contributed by atoms with E-state index in [1.54, 1.807) is 6.20 Å². The van der Waals surface area contributed by atoms with E-state index in [1.807, 2.05) is 54.6 Å². The SMILES string of the molecule is CC(=O)NCCC(=O)C1C=CC=CC1c1cnc(N)c(-c2nnc(-c3ccccc3)o2)n1. The molecule has 0 saturated heterocycles. The summed E-state index contributed by atoms with van der Waals surface area (Å²) in [5.41, 5.74) is 7.65. The van der Waals surface area contributed by atoms with Crippen LogP contribution < -0.4 is 11.1 Å². The van der Waals surface area contributed by atoms with E-state index in [9.17, 15) is 9.59 Å². The van der Waals surface area contributed by atoms with Crippen molar-refractivity contribution in [1.29, 1.82) is 0 Å². The number of Topliss-reactive ketones (excluding diaryl/α,β-unsaturated/α-hetero) is 1. The Bertz CT molecular complexity index is 1190. The first-order valence-electron chi connectivity index (χ1n) is 10.2. The van der Waals surface area contributed by atoms with Crippen LogP contribution in [0.15, 0.2) is 65.2 Å². The van der Waals surface area contributed by atoms with Gasteiger partial charge in [0.2, 0.25) is 11.8 Å². The lowest BCUT2D eigenvalue weighted by Crippen LogP contribution is -2.28. The normalized spacial score (nSPS) is 17.3. The number of nitrogens with two attached hydrogens (primary N) is 1. The highest BCUT2D eigenvalue weighted by Crippen LogP contribution is 2.33. The van der Waals surface area contributed by atoms with E-state index in [0.29, 0.717) is 11.6 Å². The second-order valence-electron chi connectivity index (χ2n) is 7.33. The second-order valence-corrected chi connectivity index (χ2v) is 7.33. The van der Waals surface area contributed by atoms with Crippen molar-refractivity contribution in [3.63, 3.8) is 0 Å². The summed E-state index contributed by atoms with van der Waals surface area (Å²) in [5, 5.41) is 10.8. The van der Waals surface area contributed by atoms with Crippen LogP contribution in [0.3, 0.4) is 0 Å². The Balaban J connectivity index is 1.59. The Morgan fingerprint density at radius 1 is 1.09 bits per heavy atom. The molecule has 2 heterocycles. The molecule has 0 bridgehead atoms. The molecule has 3 N–H and O–H groups in total. The van der Waals surface area contributed by atoms with Crippen LogP contribution in [0.2, 0.25) is 0 Å². The third kappa shape index (κ3) is 4.61. The lowest BCUT2D eigenvalue weighted by molar-refractivity contribution is -0.122. The van der Waals surface area contributed by atoms with Crippen LogP contribution in [-0.2, 0) is 9.59 Å². The predicted molar refractivity (Wildman–Crippen MR) is 118 cm³/mol. The number of anilines is 1. The van der Waals surface area contributed by atoms with Crippen LogP contribution in [-0.4, -0.2) is 38.4 Å². The molecular formula is C23H22N6O3. The zero-order chi connectivity index (χ0) is 22.5. The molecule has 0 radical (unpaired) electrons. The molecule has 0 fully saturated rings. The molecule has 2 unspecified atom stereocenters. The smallest absolute Gasteiger partial charge is 0.270 e. The number of aromatic nitrogens is 4. The number of nitrogen functional groups attached to an aromatic ring is 1. The number of amides is 1. The maximum atomic E-state index is 12.8. The average Bonchev–Trinajstić information content (AvgIpc) is 3.30. The number of hydrogen-bond acceptors (Lipinski definition) is 8. The number of ketones is 1. The summed E-state index contributed by atoms with van der Waals surface area (Å²) < 4.78 is 5.78. The quantitative estimate of drug-likeness (QED) is 0.584. The van der Waals surface area contributed by atoms with Crippen molar-refractivity contribution in [2.75, 3.05) is 12.3 Å². The number of nitrogens with one attached hydrogen (secondary N) is 1. The molecule has 2 aromatic heterocycles. The lowest BCUT2D eigenvalue weighted by Gasteiger charge is -2.23. The van der Waals surface area contributed by atoms with Gasteiger partial charge in [-0.3, -0.25) is 9.59 Å². The largest absolute Gasteiger partial charge is 0.414 e. The first-order chi connectivity index (χ1) is 15.5. The molecule has 9 heteroatoms. The summed E-state index contributed by atoms with van der Waals surface area (Å²) in [7, 11) is 0. The van der Waals surface area contributed by atoms with Gasteiger partial charge in [0, 0.05) is 37.3 Å². The van der Waals surface area contributed by atoms with Gasteiger partial charge in [-0.25, -0.2) is 9.97 Å². The highest BCUT2D eigenvalue weighted by atomic mass is 16.4. The van der Waals surface area contributed by atoms with Gasteiger partial charge in [0.05, 0.1) is 11.9 Å². The molecule has 0 saturated carbocycles. The molecule has 32 heavy (non-hydrogen) atoms. The van der Waals surface area contributed by atoms with Gasteiger partial charge in [-0.15, -0.1) is 10.2 Å². The van der Waals surface area contributed by atoms with Crippen molar-refractivity contribution >= 4 is 17.5 Å². The Morgan fingerprint density at radius 2 is 1.84 bits per heavy atom. The number of carbonyl (C=O) groups is 2. The maximum Gasteiger partial charge on any atom is 0.270 e. The third-order valence-corrected chi connectivity index (χ3v) is 5.06. The van der Waals surface area contributed by atoms with Crippen molar-refractivity contribution in [2.24, 2.45) is 5.92 Å². The number of hydrogen-bond donors (Lipinski definition) is 2. The van der Waals surface area contributed by atoms with Gasteiger partial charge in [-0.05, 0) is 12.1 Å². The van der Waals surface area contributed by atoms with Crippen molar-refractivity contribution in [3.05, 3.63) is 66.5 Å². The summed E-state index contributed by atoms with van der Waals surface area (Å²) in [6.07, 6.45) is 9.19. The zero-order valence-electron chi connectivity index (χ0n) is 17.4. The van der Waals surface area contributed by atoms with E-state index in [-0.39, 0.29) is 48.0 Å². The summed E-state index contributed by atoms with van der Waals surface area (Å²) in [4.78, 5) is 32.8. The minimum atomic E-state index is -0.429. The molecule has 9 nitrogen and oxygen atoms in total. The third-order valence-electron chi connectivity index (χ3n) is 5.06. The summed E-state index contributed by atoms with van der Waals surface area (Å²) in [6.45, 7) is 1.71. The van der Waals surface area contributed by atoms with Gasteiger partial charge in [0.1, 0.15) is 5.78 Å². The van der Waals surface area contributed by atoms with E-state index >= 15 is 0 Å². The molecule has 3 aromatic rings. The van der Waals surface area contributed by atoms with Crippen LogP contribution in [0, 0.1) is 5.92 Å². The number of benzene rings is 1. The summed E-state index contributed by atoms with van der Waals surface area (Å²) in [5.74, 6) is -0.278. The van der Waals surface area contributed by atoms with Crippen LogP contribution in [0.5, 0.6) is 0 Å². The molecule has 1 aliphatic carbocycles. The molecule has 2 atom stereocenters. The molecule has 4 rings (SSSR count). The van der Waals surface area contributed by atoms with Crippen LogP contribution >= 0.6 is 0 Å². The van der Waals surface area contributed by atoms with Gasteiger partial charge in [-0.2, -0.15) is 0 Å². The molecule has 0 spiro atoms. The van der Waals surface area contributed by atoms with Crippen molar-refractivity contribution in [3.8, 4) is 23.0 Å². The Labute approximate surface area is 184 Å². The summed E-state index contributed by atoms with van der Waals surface area (Å²) >= 11 is 0. The standard InChI is InChI=1S/C23H22N6O3/c1-14(30)25-12-11-19(31)17-10-6-5-9-16(17)18-13-26-21(24)20(27-18)23-29-28-22(32-23)15-7-3-2-4-8-15/h2-10,13,16-17H,11-12H2,1H3,(H2,24,26)(H,25,30). The molecule has 1 aliphatic rings. The van der Waals surface area contributed by atoms with Gasteiger partial charge < -0.3 is 15.5 Å². The van der Waals surface area contributed by atoms with E-state index in [0.717, 1.165) is 5.56 Å². The second kappa shape index (κ2) is 9.34. The van der Waals surface area contributed by atoms with Crippen LogP contribution in [0.25, 0.3) is 23.0 Å². The van der Waals surface area contributed by atoms with E-state index in [4.69, 9.17) is 10.2 Å². The van der Waals surface area contributed by atoms with E-state index in [1.165, 1.54) is 6.92 Å². The zero-order valence-corrected chi connectivity index (χ0v) is 17.4. The Kier molecular flexibility index (Phi) is 6.16. The number of allylic oxidation sites excluding steroid dienone is 4. The predicted octanol–water partition coefficient (Wildman–Crippen LogP) is 2.70. The number of carbonyl (C=O) groups excluding carboxylic acids is 2. The summed E-state index contributed by atoms with van der Waals surface area (Å²) in [6, 6.07) is 9.37.